The fourth-order valence-electron chi connectivity index (χ4n) is 2.15. The molecule has 0 N–H and O–H groups in total. The Bertz CT molecular complexity index is 592. The summed E-state index contributed by atoms with van der Waals surface area (Å²) >= 11 is 11.8. The topological polar surface area (TPSA) is 17.8 Å². The molecule has 1 atom stereocenters. The van der Waals surface area contributed by atoms with E-state index in [-0.39, 0.29) is 5.88 Å². The lowest BCUT2D eigenvalue weighted by Crippen LogP contribution is -2.18. The third-order valence-corrected chi connectivity index (χ3v) is 3.37. The smallest absolute Gasteiger partial charge is 0.323 e. The van der Waals surface area contributed by atoms with Crippen LogP contribution in [0.15, 0.2) is 18.2 Å². The van der Waals surface area contributed by atoms with E-state index in [1.54, 1.807) is 18.2 Å². The van der Waals surface area contributed by atoms with Gasteiger partial charge in [0.15, 0.2) is 0 Å². The minimum Gasteiger partial charge on any atom is -0.323 e. The van der Waals surface area contributed by atoms with Crippen molar-refractivity contribution in [3.8, 4) is 0 Å². The molecule has 0 aliphatic rings. The molecule has 0 radical (unpaired) electrons. The van der Waals surface area contributed by atoms with Crippen LogP contribution in [0.25, 0.3) is 11.0 Å². The number of halogens is 5. The first-order valence-electron chi connectivity index (χ1n) is 5.61. The van der Waals surface area contributed by atoms with Gasteiger partial charge in [0.25, 0.3) is 0 Å². The van der Waals surface area contributed by atoms with Gasteiger partial charge < -0.3 is 4.57 Å². The Balaban J connectivity index is 2.57. The molecule has 1 unspecified atom stereocenters. The molecule has 0 saturated heterocycles. The number of para-hydroxylation sites is 1. The Labute approximate surface area is 118 Å². The second kappa shape index (κ2) is 5.21. The Morgan fingerprint density at radius 2 is 2.05 bits per heavy atom. The summed E-state index contributed by atoms with van der Waals surface area (Å²) in [5.74, 6) is 0.425. The molecule has 2 aromatic rings. The lowest BCUT2D eigenvalue weighted by Gasteiger charge is -2.19. The molecule has 2 rings (SSSR count). The van der Waals surface area contributed by atoms with Gasteiger partial charge in [0.05, 0.1) is 28.4 Å². The summed E-state index contributed by atoms with van der Waals surface area (Å²) in [5.41, 5.74) is 1.05. The molecule has 104 valence electrons. The summed E-state index contributed by atoms with van der Waals surface area (Å²) in [7, 11) is 0. The third-order valence-electron chi connectivity index (χ3n) is 2.82. The van der Waals surface area contributed by atoms with E-state index in [2.05, 4.69) is 4.98 Å². The van der Waals surface area contributed by atoms with Crippen LogP contribution < -0.4 is 0 Å². The molecule has 0 fully saturated rings. The van der Waals surface area contributed by atoms with Gasteiger partial charge in [-0.05, 0) is 19.1 Å². The van der Waals surface area contributed by atoms with Crippen LogP contribution >= 0.6 is 23.2 Å². The van der Waals surface area contributed by atoms with E-state index in [0.29, 0.717) is 21.9 Å². The number of benzene rings is 1. The number of hydrogen-bond acceptors (Lipinski definition) is 1. The summed E-state index contributed by atoms with van der Waals surface area (Å²) in [6.07, 6.45) is -5.20. The van der Waals surface area contributed by atoms with Crippen LogP contribution in [-0.4, -0.2) is 15.7 Å². The van der Waals surface area contributed by atoms with Crippen LogP contribution in [0.2, 0.25) is 5.02 Å². The van der Waals surface area contributed by atoms with Crippen molar-refractivity contribution in [3.05, 3.63) is 29.0 Å². The van der Waals surface area contributed by atoms with E-state index in [1.807, 2.05) is 0 Å². The zero-order valence-electron chi connectivity index (χ0n) is 10.0. The van der Waals surface area contributed by atoms with Crippen molar-refractivity contribution < 1.29 is 13.2 Å². The van der Waals surface area contributed by atoms with Crippen molar-refractivity contribution in [2.45, 2.75) is 31.4 Å². The van der Waals surface area contributed by atoms with Gasteiger partial charge in [-0.25, -0.2) is 4.98 Å². The van der Waals surface area contributed by atoms with E-state index >= 15 is 0 Å². The highest BCUT2D eigenvalue weighted by atomic mass is 35.5. The highest BCUT2D eigenvalue weighted by molar-refractivity contribution is 6.35. The third kappa shape index (κ3) is 2.98. The number of fused-ring (bicyclic) bond motifs is 1. The molecular weight excluding hydrogens is 300 g/mol. The Kier molecular flexibility index (Phi) is 3.97. The number of rotatable bonds is 3. The van der Waals surface area contributed by atoms with E-state index < -0.39 is 18.6 Å². The van der Waals surface area contributed by atoms with Crippen molar-refractivity contribution in [2.24, 2.45) is 0 Å². The molecule has 2 nitrogen and oxygen atoms in total. The Morgan fingerprint density at radius 3 is 2.63 bits per heavy atom. The first kappa shape index (κ1) is 14.5. The van der Waals surface area contributed by atoms with Gasteiger partial charge >= 0.3 is 6.18 Å². The van der Waals surface area contributed by atoms with E-state index in [0.717, 1.165) is 0 Å². The number of imidazole rings is 1. The zero-order valence-corrected chi connectivity index (χ0v) is 11.5. The summed E-state index contributed by atoms with van der Waals surface area (Å²) in [5, 5.41) is 0.371. The summed E-state index contributed by atoms with van der Waals surface area (Å²) in [6.45, 7) is 1.48. The van der Waals surface area contributed by atoms with Crippen LogP contribution in [0.5, 0.6) is 0 Å². The average Bonchev–Trinajstić information content (AvgIpc) is 2.66. The Morgan fingerprint density at radius 1 is 1.37 bits per heavy atom. The summed E-state index contributed by atoms with van der Waals surface area (Å²) < 4.78 is 39.1. The largest absolute Gasteiger partial charge is 0.391 e. The first-order valence-corrected chi connectivity index (χ1v) is 6.53. The second-order valence-corrected chi connectivity index (χ2v) is 4.98. The standard InChI is InChI=1S/C12H11Cl2F3N2/c1-7(5-12(15,16)17)19-10(6-13)18-9-4-2-3-8(14)11(9)19/h2-4,7H,5-6H2,1H3. The predicted molar refractivity (Wildman–Crippen MR) is 69.7 cm³/mol. The highest BCUT2D eigenvalue weighted by Gasteiger charge is 2.32. The quantitative estimate of drug-likeness (QED) is 0.734. The van der Waals surface area contributed by atoms with Gasteiger partial charge in [0, 0.05) is 6.04 Å². The van der Waals surface area contributed by atoms with Crippen LogP contribution in [0.3, 0.4) is 0 Å². The van der Waals surface area contributed by atoms with Crippen LogP contribution in [0.4, 0.5) is 13.2 Å². The lowest BCUT2D eigenvalue weighted by atomic mass is 10.2. The van der Waals surface area contributed by atoms with Crippen molar-refractivity contribution in [1.82, 2.24) is 9.55 Å². The molecule has 7 heteroatoms. The first-order chi connectivity index (χ1) is 8.83. The zero-order chi connectivity index (χ0) is 14.2. The molecular formula is C12H11Cl2F3N2. The fraction of sp³-hybridized carbons (Fsp3) is 0.417. The number of aromatic nitrogens is 2. The molecule has 1 aromatic heterocycles. The second-order valence-electron chi connectivity index (χ2n) is 4.31. The van der Waals surface area contributed by atoms with Crippen molar-refractivity contribution in [1.29, 1.82) is 0 Å². The monoisotopic (exact) mass is 310 g/mol. The SMILES string of the molecule is CC(CC(F)(F)F)n1c(CCl)nc2cccc(Cl)c21. The minimum atomic E-state index is -4.25. The maximum absolute atomic E-state index is 12.5. The normalized spacial score (nSPS) is 14.0. The highest BCUT2D eigenvalue weighted by Crippen LogP contribution is 2.33. The number of alkyl halides is 4. The van der Waals surface area contributed by atoms with Crippen molar-refractivity contribution in [3.63, 3.8) is 0 Å². The molecule has 1 heterocycles. The molecule has 0 saturated carbocycles. The maximum atomic E-state index is 12.5. The van der Waals surface area contributed by atoms with E-state index in [9.17, 15) is 13.2 Å². The van der Waals surface area contributed by atoms with Crippen LogP contribution in [0.1, 0.15) is 25.2 Å². The van der Waals surface area contributed by atoms with Gasteiger partial charge in [0.2, 0.25) is 0 Å². The van der Waals surface area contributed by atoms with Crippen LogP contribution in [-0.2, 0) is 5.88 Å². The van der Waals surface area contributed by atoms with Gasteiger partial charge in [-0.1, -0.05) is 17.7 Å². The molecule has 0 amide bonds. The fourth-order valence-corrected chi connectivity index (χ4v) is 2.60. The number of hydrogen-bond donors (Lipinski definition) is 0. The van der Waals surface area contributed by atoms with Crippen molar-refractivity contribution in [2.75, 3.05) is 0 Å². The predicted octanol–water partition coefficient (Wildman–Crippen LogP) is 4.94. The number of nitrogens with zero attached hydrogens (tertiary/aromatic N) is 2. The van der Waals surface area contributed by atoms with Gasteiger partial charge in [-0.3, -0.25) is 0 Å². The molecule has 0 spiro atoms. The molecule has 19 heavy (non-hydrogen) atoms. The molecule has 1 aromatic carbocycles. The average molecular weight is 311 g/mol. The molecule has 0 bridgehead atoms. The molecule has 0 aliphatic heterocycles. The summed E-state index contributed by atoms with van der Waals surface area (Å²) in [6, 6.07) is 4.22. The molecule has 0 aliphatic carbocycles. The van der Waals surface area contributed by atoms with Crippen LogP contribution in [0, 0.1) is 0 Å². The van der Waals surface area contributed by atoms with Gasteiger partial charge in [-0.2, -0.15) is 13.2 Å². The maximum Gasteiger partial charge on any atom is 0.391 e. The van der Waals surface area contributed by atoms with Gasteiger partial charge in [-0.15, -0.1) is 11.6 Å². The van der Waals surface area contributed by atoms with E-state index in [1.165, 1.54) is 11.5 Å². The van der Waals surface area contributed by atoms with Crippen molar-refractivity contribution >= 4 is 34.2 Å². The van der Waals surface area contributed by atoms with Gasteiger partial charge in [0.1, 0.15) is 5.82 Å². The lowest BCUT2D eigenvalue weighted by molar-refractivity contribution is -0.141. The Hall–Kier alpha value is -0.940. The summed E-state index contributed by atoms with van der Waals surface area (Å²) in [4.78, 5) is 4.22. The minimum absolute atomic E-state index is 0.0349. The van der Waals surface area contributed by atoms with E-state index in [4.69, 9.17) is 23.2 Å².